The summed E-state index contributed by atoms with van der Waals surface area (Å²) in [6.07, 6.45) is 0. The smallest absolute Gasteiger partial charge is 0.264 e. The topological polar surface area (TPSA) is 119 Å². The highest BCUT2D eigenvalue weighted by molar-refractivity contribution is 7.92. The van der Waals surface area contributed by atoms with Crippen LogP contribution in [0.3, 0.4) is 0 Å². The summed E-state index contributed by atoms with van der Waals surface area (Å²) < 4.78 is 33.5. The summed E-state index contributed by atoms with van der Waals surface area (Å²) in [6, 6.07) is 17.6. The van der Waals surface area contributed by atoms with E-state index in [9.17, 15) is 18.0 Å². The van der Waals surface area contributed by atoms with E-state index in [1.165, 1.54) is 12.1 Å². The molecule has 3 rings (SSSR count). The van der Waals surface area contributed by atoms with Crippen molar-refractivity contribution in [1.29, 1.82) is 0 Å². The zero-order valence-electron chi connectivity index (χ0n) is 19.2. The Balaban J connectivity index is 1.94. The number of primary amides is 1. The van der Waals surface area contributed by atoms with Crippen LogP contribution in [0.25, 0.3) is 0 Å². The summed E-state index contributed by atoms with van der Waals surface area (Å²) in [6.45, 7) is 5.36. The first-order valence-corrected chi connectivity index (χ1v) is 12.1. The van der Waals surface area contributed by atoms with Gasteiger partial charge >= 0.3 is 0 Å². The molecule has 34 heavy (non-hydrogen) atoms. The first-order valence-electron chi connectivity index (χ1n) is 10.6. The predicted octanol–water partition coefficient (Wildman–Crippen LogP) is 3.64. The second kappa shape index (κ2) is 10.4. The largest absolute Gasteiger partial charge is 0.494 e. The van der Waals surface area contributed by atoms with E-state index in [1.54, 1.807) is 61.5 Å². The molecular weight excluding hydrogens is 454 g/mol. The minimum atomic E-state index is -4.07. The average Bonchev–Trinajstić information content (AvgIpc) is 2.80. The molecule has 8 nitrogen and oxygen atoms in total. The molecule has 0 saturated carbocycles. The van der Waals surface area contributed by atoms with Gasteiger partial charge in [-0.15, -0.1) is 0 Å². The summed E-state index contributed by atoms with van der Waals surface area (Å²) in [5.74, 6) is -0.640. The molecule has 0 bridgehead atoms. The summed E-state index contributed by atoms with van der Waals surface area (Å²) in [5, 5.41) is 2.69. The molecule has 0 aliphatic rings. The number of nitrogens with one attached hydrogen (secondary N) is 1. The molecule has 0 aliphatic heterocycles. The fourth-order valence-electron chi connectivity index (χ4n) is 3.39. The number of aryl methyl sites for hydroxylation is 1. The summed E-state index contributed by atoms with van der Waals surface area (Å²) in [5.41, 5.74) is 7.83. The molecule has 0 atom stereocenters. The maximum atomic E-state index is 13.5. The highest BCUT2D eigenvalue weighted by atomic mass is 32.2. The van der Waals surface area contributed by atoms with Crippen molar-refractivity contribution in [1.82, 2.24) is 0 Å². The zero-order chi connectivity index (χ0) is 24.9. The third-order valence-corrected chi connectivity index (χ3v) is 6.99. The summed E-state index contributed by atoms with van der Waals surface area (Å²) in [4.78, 5) is 24.6. The van der Waals surface area contributed by atoms with Crippen LogP contribution in [0, 0.1) is 13.8 Å². The maximum absolute atomic E-state index is 13.5. The van der Waals surface area contributed by atoms with E-state index in [0.717, 1.165) is 9.87 Å². The Labute approximate surface area is 199 Å². The quantitative estimate of drug-likeness (QED) is 0.484. The van der Waals surface area contributed by atoms with Crippen LogP contribution >= 0.6 is 0 Å². The molecule has 0 spiro atoms. The number of carbonyl (C=O) groups excluding carboxylic acids is 2. The second-order valence-electron chi connectivity index (χ2n) is 7.64. The van der Waals surface area contributed by atoms with E-state index in [-0.39, 0.29) is 10.5 Å². The van der Waals surface area contributed by atoms with Crippen molar-refractivity contribution in [3.05, 3.63) is 83.4 Å². The summed E-state index contributed by atoms with van der Waals surface area (Å²) in [7, 11) is -4.07. The molecular formula is C25H27N3O5S. The van der Waals surface area contributed by atoms with Crippen molar-refractivity contribution >= 4 is 33.2 Å². The monoisotopic (exact) mass is 481 g/mol. The van der Waals surface area contributed by atoms with Gasteiger partial charge in [0, 0.05) is 11.3 Å². The van der Waals surface area contributed by atoms with Crippen molar-refractivity contribution < 1.29 is 22.7 Å². The number of amides is 2. The Morgan fingerprint density at radius 2 is 1.62 bits per heavy atom. The molecule has 0 unspecified atom stereocenters. The third kappa shape index (κ3) is 5.55. The van der Waals surface area contributed by atoms with Crippen LogP contribution in [0.4, 0.5) is 11.4 Å². The van der Waals surface area contributed by atoms with Gasteiger partial charge in [-0.3, -0.25) is 13.9 Å². The molecule has 0 heterocycles. The van der Waals surface area contributed by atoms with Crippen LogP contribution in [0.2, 0.25) is 0 Å². The van der Waals surface area contributed by atoms with E-state index in [0.29, 0.717) is 29.3 Å². The van der Waals surface area contributed by atoms with Gasteiger partial charge in [0.2, 0.25) is 11.8 Å². The van der Waals surface area contributed by atoms with E-state index in [2.05, 4.69) is 5.32 Å². The van der Waals surface area contributed by atoms with Crippen molar-refractivity contribution in [3.8, 4) is 5.75 Å². The van der Waals surface area contributed by atoms with Gasteiger partial charge in [-0.2, -0.15) is 0 Å². The highest BCUT2D eigenvalue weighted by Crippen LogP contribution is 2.26. The molecule has 0 radical (unpaired) electrons. The van der Waals surface area contributed by atoms with E-state index < -0.39 is 28.4 Å². The Morgan fingerprint density at radius 1 is 0.971 bits per heavy atom. The van der Waals surface area contributed by atoms with Crippen LogP contribution in [0.5, 0.6) is 5.75 Å². The van der Waals surface area contributed by atoms with Gasteiger partial charge in [-0.25, -0.2) is 8.42 Å². The number of ether oxygens (including phenoxy) is 1. The van der Waals surface area contributed by atoms with Crippen LogP contribution in [0.15, 0.2) is 71.6 Å². The van der Waals surface area contributed by atoms with Gasteiger partial charge in [0.05, 0.1) is 17.2 Å². The van der Waals surface area contributed by atoms with Crippen molar-refractivity contribution in [2.45, 2.75) is 25.7 Å². The zero-order valence-corrected chi connectivity index (χ0v) is 20.1. The summed E-state index contributed by atoms with van der Waals surface area (Å²) >= 11 is 0. The second-order valence-corrected chi connectivity index (χ2v) is 9.50. The fourth-order valence-corrected chi connectivity index (χ4v) is 4.81. The number of carbonyl (C=O) groups is 2. The number of benzene rings is 3. The third-order valence-electron chi connectivity index (χ3n) is 5.21. The first kappa shape index (κ1) is 24.8. The fraction of sp³-hybridized carbons (Fsp3) is 0.200. The van der Waals surface area contributed by atoms with Gasteiger partial charge in [-0.05, 0) is 74.9 Å². The molecule has 9 heteroatoms. The van der Waals surface area contributed by atoms with E-state index >= 15 is 0 Å². The molecule has 3 N–H and O–H groups in total. The Kier molecular flexibility index (Phi) is 7.57. The Bertz CT molecular complexity index is 1290. The SMILES string of the molecule is CCOc1ccc(S(=O)(=O)N(CC(=O)Nc2cccc(C(N)=O)c2C)c2ccc(C)cc2)cc1. The van der Waals surface area contributed by atoms with E-state index in [4.69, 9.17) is 10.5 Å². The first-order chi connectivity index (χ1) is 16.1. The van der Waals surface area contributed by atoms with Gasteiger partial charge in [-0.1, -0.05) is 23.8 Å². The van der Waals surface area contributed by atoms with Crippen molar-refractivity contribution in [2.75, 3.05) is 22.8 Å². The lowest BCUT2D eigenvalue weighted by Crippen LogP contribution is -2.38. The number of nitrogens with zero attached hydrogens (tertiary/aromatic N) is 1. The maximum Gasteiger partial charge on any atom is 0.264 e. The molecule has 3 aromatic carbocycles. The average molecular weight is 482 g/mol. The van der Waals surface area contributed by atoms with Gasteiger partial charge < -0.3 is 15.8 Å². The number of rotatable bonds is 9. The van der Waals surface area contributed by atoms with Crippen LogP contribution in [0.1, 0.15) is 28.4 Å². The Morgan fingerprint density at radius 3 is 2.21 bits per heavy atom. The molecule has 3 aromatic rings. The number of anilines is 2. The molecule has 0 aromatic heterocycles. The number of hydrogen-bond acceptors (Lipinski definition) is 5. The van der Waals surface area contributed by atoms with Gasteiger partial charge in [0.15, 0.2) is 0 Å². The van der Waals surface area contributed by atoms with Gasteiger partial charge in [0.1, 0.15) is 12.3 Å². The number of nitrogens with two attached hydrogens (primary N) is 1. The minimum Gasteiger partial charge on any atom is -0.494 e. The van der Waals surface area contributed by atoms with Crippen LogP contribution in [-0.2, 0) is 14.8 Å². The van der Waals surface area contributed by atoms with Gasteiger partial charge in [0.25, 0.3) is 10.0 Å². The molecule has 0 aliphatic carbocycles. The Hall–Kier alpha value is -3.85. The standard InChI is InChI=1S/C25H27N3O5S/c1-4-33-20-12-14-21(15-13-20)34(31,32)28(19-10-8-17(2)9-11-19)16-24(29)27-23-7-5-6-22(18(23)3)25(26)30/h5-15H,4,16H2,1-3H3,(H2,26,30)(H,27,29). The predicted molar refractivity (Wildman–Crippen MR) is 132 cm³/mol. The van der Waals surface area contributed by atoms with E-state index in [1.807, 2.05) is 13.8 Å². The number of sulfonamides is 1. The lowest BCUT2D eigenvalue weighted by atomic mass is 10.1. The molecule has 0 fully saturated rings. The molecule has 0 saturated heterocycles. The highest BCUT2D eigenvalue weighted by Gasteiger charge is 2.27. The minimum absolute atomic E-state index is 0.0243. The lowest BCUT2D eigenvalue weighted by molar-refractivity contribution is -0.114. The lowest BCUT2D eigenvalue weighted by Gasteiger charge is -2.24. The number of hydrogen-bond donors (Lipinski definition) is 2. The van der Waals surface area contributed by atoms with Crippen LogP contribution in [-0.4, -0.2) is 33.4 Å². The molecule has 2 amide bonds. The molecule has 178 valence electrons. The van der Waals surface area contributed by atoms with Crippen LogP contribution < -0.4 is 20.1 Å². The normalized spacial score (nSPS) is 11.0. The van der Waals surface area contributed by atoms with Crippen molar-refractivity contribution in [3.63, 3.8) is 0 Å². The van der Waals surface area contributed by atoms with Crippen molar-refractivity contribution in [2.24, 2.45) is 5.73 Å².